The summed E-state index contributed by atoms with van der Waals surface area (Å²) in [6.07, 6.45) is 1.18. The Bertz CT molecular complexity index is 570. The molecule has 0 saturated carbocycles. The van der Waals surface area contributed by atoms with Crippen molar-refractivity contribution in [2.75, 3.05) is 0 Å². The van der Waals surface area contributed by atoms with Crippen molar-refractivity contribution >= 4 is 29.2 Å². The van der Waals surface area contributed by atoms with Crippen LogP contribution in [0.5, 0.6) is 0 Å². The van der Waals surface area contributed by atoms with Crippen LogP contribution in [0, 0.1) is 0 Å². The van der Waals surface area contributed by atoms with Crippen LogP contribution in [0.15, 0.2) is 30.5 Å². The summed E-state index contributed by atoms with van der Waals surface area (Å²) < 4.78 is 0. The summed E-state index contributed by atoms with van der Waals surface area (Å²) in [7, 11) is 0. The predicted octanol–water partition coefficient (Wildman–Crippen LogP) is 3.15. The molecule has 0 bridgehead atoms. The third-order valence-corrected chi connectivity index (χ3v) is 2.62. The number of benzene rings is 1. The Morgan fingerprint density at radius 1 is 1.18 bits per heavy atom. The molecule has 0 aliphatic heterocycles. The normalized spacial score (nSPS) is 10.2. The van der Waals surface area contributed by atoms with Gasteiger partial charge in [-0.05, 0) is 24.3 Å². The van der Waals surface area contributed by atoms with E-state index >= 15 is 0 Å². The number of aromatic nitrogens is 2. The van der Waals surface area contributed by atoms with Crippen LogP contribution in [-0.4, -0.2) is 21.0 Å². The lowest BCUT2D eigenvalue weighted by Gasteiger charge is -2.02. The van der Waals surface area contributed by atoms with Crippen molar-refractivity contribution in [2.24, 2.45) is 0 Å². The third-order valence-electron chi connectivity index (χ3n) is 2.08. The molecule has 2 aromatic rings. The second-order valence-electron chi connectivity index (χ2n) is 3.21. The molecule has 0 fully saturated rings. The standard InChI is InChI=1S/C11H6Cl2N2O2/c12-7-3-1-6(2-4-7)10-14-5-8(11(16)17)9(13)15-10/h1-5H,(H,16,17). The second kappa shape index (κ2) is 4.69. The number of aromatic carboxylic acids is 1. The maximum absolute atomic E-state index is 10.7. The molecule has 0 amide bonds. The van der Waals surface area contributed by atoms with Gasteiger partial charge in [0.2, 0.25) is 0 Å². The Kier molecular flexibility index (Phi) is 3.26. The Hall–Kier alpha value is -1.65. The minimum absolute atomic E-state index is 0.0857. The van der Waals surface area contributed by atoms with Gasteiger partial charge >= 0.3 is 5.97 Å². The molecular formula is C11H6Cl2N2O2. The number of hydrogen-bond acceptors (Lipinski definition) is 3. The van der Waals surface area contributed by atoms with Crippen molar-refractivity contribution in [1.29, 1.82) is 0 Å². The van der Waals surface area contributed by atoms with Crippen LogP contribution in [0.25, 0.3) is 11.4 Å². The summed E-state index contributed by atoms with van der Waals surface area (Å²) >= 11 is 11.5. The van der Waals surface area contributed by atoms with Gasteiger partial charge < -0.3 is 5.11 Å². The summed E-state index contributed by atoms with van der Waals surface area (Å²) in [5.74, 6) is -0.797. The highest BCUT2D eigenvalue weighted by Gasteiger charge is 2.12. The topological polar surface area (TPSA) is 63.1 Å². The highest BCUT2D eigenvalue weighted by molar-refractivity contribution is 6.32. The van der Waals surface area contributed by atoms with Gasteiger partial charge in [-0.1, -0.05) is 23.2 Å². The monoisotopic (exact) mass is 268 g/mol. The molecule has 2 rings (SSSR count). The van der Waals surface area contributed by atoms with Gasteiger partial charge in [-0.15, -0.1) is 0 Å². The quantitative estimate of drug-likeness (QED) is 0.850. The summed E-state index contributed by atoms with van der Waals surface area (Å²) in [6, 6.07) is 6.85. The van der Waals surface area contributed by atoms with E-state index in [2.05, 4.69) is 9.97 Å². The average molecular weight is 269 g/mol. The first-order valence-electron chi connectivity index (χ1n) is 4.59. The molecule has 1 heterocycles. The van der Waals surface area contributed by atoms with Crippen LogP contribution in [0.2, 0.25) is 10.2 Å². The molecule has 0 aliphatic carbocycles. The SMILES string of the molecule is O=C(O)c1cnc(-c2ccc(Cl)cc2)nc1Cl. The van der Waals surface area contributed by atoms with Crippen LogP contribution in [0.3, 0.4) is 0 Å². The van der Waals surface area contributed by atoms with Gasteiger partial charge in [-0.3, -0.25) is 0 Å². The van der Waals surface area contributed by atoms with E-state index in [1.165, 1.54) is 6.20 Å². The molecular weight excluding hydrogens is 263 g/mol. The van der Waals surface area contributed by atoms with Crippen molar-refractivity contribution in [1.82, 2.24) is 9.97 Å². The highest BCUT2D eigenvalue weighted by Crippen LogP contribution is 2.21. The smallest absolute Gasteiger partial charge is 0.340 e. The molecule has 6 heteroatoms. The number of hydrogen-bond donors (Lipinski definition) is 1. The largest absolute Gasteiger partial charge is 0.478 e. The number of halogens is 2. The Morgan fingerprint density at radius 3 is 2.35 bits per heavy atom. The number of carbonyl (C=O) groups is 1. The first-order chi connectivity index (χ1) is 8.08. The number of carboxylic acid groups (broad SMARTS) is 1. The number of rotatable bonds is 2. The lowest BCUT2D eigenvalue weighted by Crippen LogP contribution is -2.01. The molecule has 86 valence electrons. The summed E-state index contributed by atoms with van der Waals surface area (Å²) in [6.45, 7) is 0. The molecule has 0 aliphatic rings. The predicted molar refractivity (Wildman–Crippen MR) is 64.4 cm³/mol. The van der Waals surface area contributed by atoms with E-state index in [0.29, 0.717) is 16.4 Å². The summed E-state index contributed by atoms with van der Waals surface area (Å²) in [4.78, 5) is 18.6. The fourth-order valence-electron chi connectivity index (χ4n) is 1.24. The molecule has 0 saturated heterocycles. The van der Waals surface area contributed by atoms with Crippen LogP contribution < -0.4 is 0 Å². The maximum atomic E-state index is 10.7. The van der Waals surface area contributed by atoms with E-state index in [-0.39, 0.29) is 10.7 Å². The minimum atomic E-state index is -1.15. The van der Waals surface area contributed by atoms with Crippen molar-refractivity contribution in [3.8, 4) is 11.4 Å². The zero-order chi connectivity index (χ0) is 12.4. The Morgan fingerprint density at radius 2 is 1.82 bits per heavy atom. The van der Waals surface area contributed by atoms with Crippen molar-refractivity contribution < 1.29 is 9.90 Å². The first kappa shape index (κ1) is 11.8. The van der Waals surface area contributed by atoms with Crippen molar-refractivity contribution in [2.45, 2.75) is 0 Å². The zero-order valence-corrected chi connectivity index (χ0v) is 9.90. The zero-order valence-electron chi connectivity index (χ0n) is 8.39. The van der Waals surface area contributed by atoms with Crippen molar-refractivity contribution in [3.63, 3.8) is 0 Å². The molecule has 0 atom stereocenters. The van der Waals surface area contributed by atoms with E-state index in [0.717, 1.165) is 0 Å². The van der Waals surface area contributed by atoms with Gasteiger partial charge in [0.1, 0.15) is 10.7 Å². The molecule has 0 radical (unpaired) electrons. The van der Waals surface area contributed by atoms with E-state index < -0.39 is 5.97 Å². The Labute approximate surface area is 107 Å². The number of nitrogens with zero attached hydrogens (tertiary/aromatic N) is 2. The average Bonchev–Trinajstić information content (AvgIpc) is 2.29. The van der Waals surface area contributed by atoms with Crippen LogP contribution in [0.1, 0.15) is 10.4 Å². The van der Waals surface area contributed by atoms with E-state index in [1.807, 2.05) is 0 Å². The van der Waals surface area contributed by atoms with Gasteiger partial charge in [0.15, 0.2) is 5.82 Å². The van der Waals surface area contributed by atoms with Crippen LogP contribution in [-0.2, 0) is 0 Å². The first-order valence-corrected chi connectivity index (χ1v) is 5.35. The molecule has 1 N–H and O–H groups in total. The van der Waals surface area contributed by atoms with Crippen LogP contribution in [0.4, 0.5) is 0 Å². The molecule has 0 unspecified atom stereocenters. The number of carboxylic acids is 1. The van der Waals surface area contributed by atoms with Gasteiger partial charge in [0, 0.05) is 16.8 Å². The fraction of sp³-hybridized carbons (Fsp3) is 0. The Balaban J connectivity index is 2.44. The van der Waals surface area contributed by atoms with Gasteiger partial charge in [-0.2, -0.15) is 0 Å². The van der Waals surface area contributed by atoms with Crippen molar-refractivity contribution in [3.05, 3.63) is 46.2 Å². The van der Waals surface area contributed by atoms with Gasteiger partial charge in [-0.25, -0.2) is 14.8 Å². The fourth-order valence-corrected chi connectivity index (χ4v) is 1.58. The molecule has 1 aromatic carbocycles. The second-order valence-corrected chi connectivity index (χ2v) is 4.00. The molecule has 4 nitrogen and oxygen atoms in total. The maximum Gasteiger partial charge on any atom is 0.340 e. The van der Waals surface area contributed by atoms with Gasteiger partial charge in [0.05, 0.1) is 0 Å². The van der Waals surface area contributed by atoms with Gasteiger partial charge in [0.25, 0.3) is 0 Å². The molecule has 17 heavy (non-hydrogen) atoms. The summed E-state index contributed by atoms with van der Waals surface area (Å²) in [5.41, 5.74) is 0.595. The lowest BCUT2D eigenvalue weighted by molar-refractivity contribution is 0.0696. The van der Waals surface area contributed by atoms with E-state index in [4.69, 9.17) is 28.3 Å². The van der Waals surface area contributed by atoms with E-state index in [1.54, 1.807) is 24.3 Å². The molecule has 1 aromatic heterocycles. The molecule has 0 spiro atoms. The lowest BCUT2D eigenvalue weighted by atomic mass is 10.2. The van der Waals surface area contributed by atoms with E-state index in [9.17, 15) is 4.79 Å². The van der Waals surface area contributed by atoms with Crippen LogP contribution >= 0.6 is 23.2 Å². The highest BCUT2D eigenvalue weighted by atomic mass is 35.5. The summed E-state index contributed by atoms with van der Waals surface area (Å²) in [5, 5.41) is 9.29. The third kappa shape index (κ3) is 2.54. The minimum Gasteiger partial charge on any atom is -0.478 e.